The minimum Gasteiger partial charge on any atom is -0.311 e. The van der Waals surface area contributed by atoms with Crippen molar-refractivity contribution in [1.29, 1.82) is 0 Å². The Balaban J connectivity index is 1.52. The van der Waals surface area contributed by atoms with E-state index in [-0.39, 0.29) is 23.9 Å². The standard InChI is InChI=1S/C19H24F2N4S/c1-2-3-12-8-23-19(24-9-12)18-17(26)7-15(25-18)11-22-10-13-6-14(20)4-5-16(13)21/h4-6,8-9,15,17-18,22,25-26H,2-3,7,10-11H2,1H3/t15?,17?,18-/m1/s1. The molecule has 1 aliphatic rings. The molecule has 4 nitrogen and oxygen atoms in total. The summed E-state index contributed by atoms with van der Waals surface area (Å²) in [7, 11) is 0. The summed E-state index contributed by atoms with van der Waals surface area (Å²) in [6.07, 6.45) is 6.66. The Morgan fingerprint density at radius 1 is 1.27 bits per heavy atom. The van der Waals surface area contributed by atoms with Crippen molar-refractivity contribution in [2.75, 3.05) is 6.54 Å². The molecule has 2 aromatic rings. The van der Waals surface area contributed by atoms with Gasteiger partial charge in [-0.1, -0.05) is 13.3 Å². The number of aryl methyl sites for hydroxylation is 1. The summed E-state index contributed by atoms with van der Waals surface area (Å²) in [5.41, 5.74) is 1.47. The van der Waals surface area contributed by atoms with Crippen molar-refractivity contribution < 1.29 is 8.78 Å². The topological polar surface area (TPSA) is 49.8 Å². The van der Waals surface area contributed by atoms with Gasteiger partial charge in [-0.25, -0.2) is 18.7 Å². The number of halogens is 2. The Labute approximate surface area is 158 Å². The predicted molar refractivity (Wildman–Crippen MR) is 101 cm³/mol. The van der Waals surface area contributed by atoms with Crippen molar-refractivity contribution in [2.24, 2.45) is 0 Å². The van der Waals surface area contributed by atoms with Gasteiger partial charge in [0.05, 0.1) is 6.04 Å². The first kappa shape index (κ1) is 19.2. The highest BCUT2D eigenvalue weighted by molar-refractivity contribution is 7.81. The molecule has 1 saturated heterocycles. The largest absolute Gasteiger partial charge is 0.311 e. The van der Waals surface area contributed by atoms with Gasteiger partial charge in [0.15, 0.2) is 0 Å². The molecule has 2 unspecified atom stereocenters. The molecule has 3 rings (SSSR count). The maximum absolute atomic E-state index is 13.7. The van der Waals surface area contributed by atoms with E-state index in [1.54, 1.807) is 0 Å². The normalized spacial score (nSPS) is 22.7. The Hall–Kier alpha value is -1.57. The second-order valence-electron chi connectivity index (χ2n) is 6.71. The van der Waals surface area contributed by atoms with Crippen LogP contribution in [0.4, 0.5) is 8.78 Å². The van der Waals surface area contributed by atoms with Crippen LogP contribution in [0.25, 0.3) is 0 Å². The SMILES string of the molecule is CCCc1cnc([C@@H]2NC(CNCc3cc(F)ccc3F)CC2S)nc1. The number of rotatable bonds is 7. The summed E-state index contributed by atoms with van der Waals surface area (Å²) in [6, 6.07) is 3.67. The minimum atomic E-state index is -0.429. The van der Waals surface area contributed by atoms with Gasteiger partial charge >= 0.3 is 0 Å². The van der Waals surface area contributed by atoms with E-state index in [0.29, 0.717) is 12.1 Å². The Morgan fingerprint density at radius 3 is 2.77 bits per heavy atom. The van der Waals surface area contributed by atoms with E-state index in [0.717, 1.165) is 42.8 Å². The number of benzene rings is 1. The molecule has 26 heavy (non-hydrogen) atoms. The summed E-state index contributed by atoms with van der Waals surface area (Å²) in [4.78, 5) is 8.96. The Morgan fingerprint density at radius 2 is 2.04 bits per heavy atom. The van der Waals surface area contributed by atoms with Crippen LogP contribution in [-0.4, -0.2) is 27.8 Å². The summed E-state index contributed by atoms with van der Waals surface area (Å²) in [5, 5.41) is 6.79. The second-order valence-corrected chi connectivity index (χ2v) is 7.37. The fraction of sp³-hybridized carbons (Fsp3) is 0.474. The first-order valence-corrected chi connectivity index (χ1v) is 9.48. The number of thiol groups is 1. The summed E-state index contributed by atoms with van der Waals surface area (Å²) < 4.78 is 26.9. The van der Waals surface area contributed by atoms with Gasteiger partial charge < -0.3 is 10.6 Å². The molecule has 0 spiro atoms. The number of nitrogens with zero attached hydrogens (tertiary/aromatic N) is 2. The van der Waals surface area contributed by atoms with Gasteiger partial charge in [-0.05, 0) is 36.6 Å². The average molecular weight is 378 g/mol. The average Bonchev–Trinajstić information content (AvgIpc) is 2.99. The molecule has 1 aliphatic heterocycles. The van der Waals surface area contributed by atoms with E-state index < -0.39 is 11.6 Å². The number of hydrogen-bond donors (Lipinski definition) is 3. The monoisotopic (exact) mass is 378 g/mol. The molecule has 2 heterocycles. The van der Waals surface area contributed by atoms with Crippen LogP contribution in [0.15, 0.2) is 30.6 Å². The van der Waals surface area contributed by atoms with Crippen LogP contribution >= 0.6 is 12.6 Å². The molecule has 1 aromatic heterocycles. The lowest BCUT2D eigenvalue weighted by atomic mass is 10.1. The first-order chi connectivity index (χ1) is 12.6. The third kappa shape index (κ3) is 4.78. The number of aromatic nitrogens is 2. The van der Waals surface area contributed by atoms with Gasteiger partial charge in [0, 0.05) is 42.3 Å². The van der Waals surface area contributed by atoms with Crippen LogP contribution in [0.5, 0.6) is 0 Å². The van der Waals surface area contributed by atoms with Crippen LogP contribution in [0, 0.1) is 11.6 Å². The summed E-state index contributed by atoms with van der Waals surface area (Å²) in [6.45, 7) is 3.05. The molecular formula is C19H24F2N4S. The molecule has 0 aliphatic carbocycles. The van der Waals surface area contributed by atoms with Crippen LogP contribution < -0.4 is 10.6 Å². The predicted octanol–water partition coefficient (Wildman–Crippen LogP) is 3.20. The van der Waals surface area contributed by atoms with E-state index in [9.17, 15) is 8.78 Å². The molecular weight excluding hydrogens is 354 g/mol. The third-order valence-corrected chi connectivity index (χ3v) is 5.09. The van der Waals surface area contributed by atoms with Crippen molar-refractivity contribution in [3.8, 4) is 0 Å². The highest BCUT2D eigenvalue weighted by Crippen LogP contribution is 2.28. The molecule has 0 saturated carbocycles. The van der Waals surface area contributed by atoms with E-state index in [2.05, 4.69) is 40.2 Å². The second kappa shape index (κ2) is 8.88. The highest BCUT2D eigenvalue weighted by Gasteiger charge is 2.33. The highest BCUT2D eigenvalue weighted by atomic mass is 32.1. The third-order valence-electron chi connectivity index (χ3n) is 4.58. The molecule has 0 amide bonds. The number of hydrogen-bond acceptors (Lipinski definition) is 5. The van der Waals surface area contributed by atoms with Gasteiger partial charge in [0.2, 0.25) is 0 Å². The van der Waals surface area contributed by atoms with Gasteiger partial charge in [-0.3, -0.25) is 0 Å². The first-order valence-electron chi connectivity index (χ1n) is 8.96. The fourth-order valence-electron chi connectivity index (χ4n) is 3.25. The van der Waals surface area contributed by atoms with Gasteiger partial charge in [-0.15, -0.1) is 0 Å². The molecule has 3 atom stereocenters. The van der Waals surface area contributed by atoms with Crippen LogP contribution in [0.2, 0.25) is 0 Å². The van der Waals surface area contributed by atoms with Gasteiger partial charge in [-0.2, -0.15) is 12.6 Å². The number of nitrogens with one attached hydrogen (secondary N) is 2. The quantitative estimate of drug-likeness (QED) is 0.648. The van der Waals surface area contributed by atoms with E-state index >= 15 is 0 Å². The smallest absolute Gasteiger partial charge is 0.146 e. The Kier molecular flexibility index (Phi) is 6.56. The van der Waals surface area contributed by atoms with Crippen molar-refractivity contribution in [1.82, 2.24) is 20.6 Å². The van der Waals surface area contributed by atoms with Crippen molar-refractivity contribution in [3.63, 3.8) is 0 Å². The summed E-state index contributed by atoms with van der Waals surface area (Å²) >= 11 is 4.67. The van der Waals surface area contributed by atoms with E-state index in [1.807, 2.05) is 12.4 Å². The van der Waals surface area contributed by atoms with Crippen LogP contribution in [-0.2, 0) is 13.0 Å². The lowest BCUT2D eigenvalue weighted by Gasteiger charge is -2.15. The molecule has 1 fully saturated rings. The zero-order valence-electron chi connectivity index (χ0n) is 14.8. The van der Waals surface area contributed by atoms with E-state index in [4.69, 9.17) is 0 Å². The van der Waals surface area contributed by atoms with Gasteiger partial charge in [0.1, 0.15) is 17.5 Å². The van der Waals surface area contributed by atoms with Gasteiger partial charge in [0.25, 0.3) is 0 Å². The van der Waals surface area contributed by atoms with Crippen LogP contribution in [0.3, 0.4) is 0 Å². The maximum atomic E-state index is 13.7. The lowest BCUT2D eigenvalue weighted by molar-refractivity contribution is 0.491. The summed E-state index contributed by atoms with van der Waals surface area (Å²) in [5.74, 6) is -0.0753. The molecule has 2 N–H and O–H groups in total. The molecule has 0 radical (unpaired) electrons. The minimum absolute atomic E-state index is 0.00767. The van der Waals surface area contributed by atoms with Crippen molar-refractivity contribution in [3.05, 3.63) is 59.2 Å². The maximum Gasteiger partial charge on any atom is 0.146 e. The molecule has 1 aromatic carbocycles. The lowest BCUT2D eigenvalue weighted by Crippen LogP contribution is -2.35. The molecule has 140 valence electrons. The zero-order valence-corrected chi connectivity index (χ0v) is 15.6. The Bertz CT molecular complexity index is 726. The van der Waals surface area contributed by atoms with Crippen molar-refractivity contribution >= 4 is 12.6 Å². The van der Waals surface area contributed by atoms with E-state index in [1.165, 1.54) is 6.07 Å². The molecule has 7 heteroatoms. The van der Waals surface area contributed by atoms with Crippen molar-refractivity contribution in [2.45, 2.75) is 50.1 Å². The zero-order chi connectivity index (χ0) is 18.5. The van der Waals surface area contributed by atoms with Crippen LogP contribution in [0.1, 0.15) is 42.8 Å². The fourth-order valence-corrected chi connectivity index (χ4v) is 3.73. The molecule has 0 bridgehead atoms.